The maximum absolute atomic E-state index is 12.9. The Bertz CT molecular complexity index is 685. The van der Waals surface area contributed by atoms with Gasteiger partial charge in [-0.3, -0.25) is 4.79 Å². The summed E-state index contributed by atoms with van der Waals surface area (Å²) in [7, 11) is 1.93. The van der Waals surface area contributed by atoms with E-state index in [2.05, 4.69) is 15.2 Å². The minimum absolute atomic E-state index is 0.0339. The van der Waals surface area contributed by atoms with Crippen molar-refractivity contribution < 1.29 is 9.53 Å². The summed E-state index contributed by atoms with van der Waals surface area (Å²) in [4.78, 5) is 18.9. The maximum atomic E-state index is 12.9. The highest BCUT2D eigenvalue weighted by atomic mass is 16.5. The number of hydrogen-bond acceptors (Lipinski definition) is 5. The van der Waals surface area contributed by atoms with Gasteiger partial charge in [0.25, 0.3) is 5.91 Å². The number of aromatic nitrogens is 4. The van der Waals surface area contributed by atoms with Gasteiger partial charge in [0.1, 0.15) is 17.7 Å². The van der Waals surface area contributed by atoms with E-state index >= 15 is 0 Å². The summed E-state index contributed by atoms with van der Waals surface area (Å²) in [6, 6.07) is 3.53. The topological polar surface area (TPSA) is 73.1 Å². The number of nitrogens with zero attached hydrogens (tertiary/aromatic N) is 5. The molecule has 0 saturated carbocycles. The molecule has 0 aromatic carbocycles. The number of ether oxygens (including phenoxy) is 1. The van der Waals surface area contributed by atoms with Crippen LogP contribution in [-0.2, 0) is 7.05 Å². The summed E-state index contributed by atoms with van der Waals surface area (Å²) in [5.74, 6) is 1.51. The first kappa shape index (κ1) is 15.5. The second kappa shape index (κ2) is 6.76. The molecule has 1 saturated heterocycles. The quantitative estimate of drug-likeness (QED) is 0.857. The number of amides is 1. The molecule has 3 heterocycles. The molecule has 0 radical (unpaired) electrons. The summed E-state index contributed by atoms with van der Waals surface area (Å²) in [6.45, 7) is 3.76. The van der Waals surface area contributed by atoms with E-state index in [-0.39, 0.29) is 11.8 Å². The van der Waals surface area contributed by atoms with Gasteiger partial charge in [0.2, 0.25) is 5.88 Å². The van der Waals surface area contributed by atoms with Gasteiger partial charge in [0, 0.05) is 32.3 Å². The average Bonchev–Trinajstić information content (AvgIpc) is 3.01. The van der Waals surface area contributed by atoms with Crippen LogP contribution in [0.4, 0.5) is 0 Å². The van der Waals surface area contributed by atoms with Crippen molar-refractivity contribution in [1.82, 2.24) is 24.6 Å². The average molecular weight is 315 g/mol. The second-order valence-corrected chi connectivity index (χ2v) is 5.68. The highest BCUT2D eigenvalue weighted by Crippen LogP contribution is 2.27. The van der Waals surface area contributed by atoms with Crippen molar-refractivity contribution >= 4 is 5.91 Å². The Kier molecular flexibility index (Phi) is 4.55. The molecule has 1 aliphatic heterocycles. The molecule has 0 spiro atoms. The van der Waals surface area contributed by atoms with Crippen LogP contribution in [0.25, 0.3) is 0 Å². The maximum Gasteiger partial charge on any atom is 0.259 e. The van der Waals surface area contributed by atoms with Crippen LogP contribution in [0.1, 0.15) is 41.9 Å². The molecule has 7 nitrogen and oxygen atoms in total. The third-order valence-electron chi connectivity index (χ3n) is 4.10. The molecule has 0 N–H and O–H groups in total. The fourth-order valence-corrected chi connectivity index (χ4v) is 3.01. The Balaban J connectivity index is 1.79. The summed E-state index contributed by atoms with van der Waals surface area (Å²) in [6.07, 6.45) is 5.31. The van der Waals surface area contributed by atoms with Gasteiger partial charge < -0.3 is 14.2 Å². The van der Waals surface area contributed by atoms with Crippen LogP contribution in [0.15, 0.2) is 24.7 Å². The number of hydrogen-bond donors (Lipinski definition) is 0. The molecule has 0 aliphatic carbocycles. The first-order chi connectivity index (χ1) is 11.2. The fraction of sp³-hybridized carbons (Fsp3) is 0.500. The Labute approximate surface area is 135 Å². The van der Waals surface area contributed by atoms with Crippen molar-refractivity contribution in [2.75, 3.05) is 19.7 Å². The molecule has 0 bridgehead atoms. The Morgan fingerprint density at radius 2 is 2.35 bits per heavy atom. The lowest BCUT2D eigenvalue weighted by Crippen LogP contribution is -2.40. The van der Waals surface area contributed by atoms with Crippen molar-refractivity contribution in [3.05, 3.63) is 36.0 Å². The smallest absolute Gasteiger partial charge is 0.259 e. The molecule has 7 heteroatoms. The van der Waals surface area contributed by atoms with Gasteiger partial charge >= 0.3 is 0 Å². The summed E-state index contributed by atoms with van der Waals surface area (Å²) in [5, 5.41) is 8.13. The van der Waals surface area contributed by atoms with Crippen LogP contribution in [0.2, 0.25) is 0 Å². The molecule has 1 amide bonds. The number of pyridine rings is 1. The molecule has 23 heavy (non-hydrogen) atoms. The predicted molar refractivity (Wildman–Crippen MR) is 84.3 cm³/mol. The molecule has 2 aromatic rings. The Morgan fingerprint density at radius 1 is 1.48 bits per heavy atom. The number of carbonyl (C=O) groups excluding carboxylic acids is 1. The van der Waals surface area contributed by atoms with Crippen LogP contribution in [-0.4, -0.2) is 50.3 Å². The number of carbonyl (C=O) groups is 1. The number of rotatable bonds is 4. The summed E-state index contributed by atoms with van der Waals surface area (Å²) in [5.41, 5.74) is 0.521. The Hall–Kier alpha value is -2.44. The van der Waals surface area contributed by atoms with Crippen LogP contribution in [0.5, 0.6) is 5.88 Å². The van der Waals surface area contributed by atoms with Crippen molar-refractivity contribution in [3.63, 3.8) is 0 Å². The normalized spacial score (nSPS) is 18.0. The standard InChI is InChI=1S/C16H21N5O2/c1-3-23-15-13(7-4-8-17-15)16(22)21-9-5-6-12(10-21)14-19-18-11-20(14)2/h4,7-8,11-12H,3,5-6,9-10H2,1-2H3/t12-/m1/s1. The third kappa shape index (κ3) is 3.18. The number of piperidine rings is 1. The second-order valence-electron chi connectivity index (χ2n) is 5.68. The molecule has 1 aliphatic rings. The van der Waals surface area contributed by atoms with Gasteiger partial charge in [-0.2, -0.15) is 0 Å². The Morgan fingerprint density at radius 3 is 3.09 bits per heavy atom. The van der Waals surface area contributed by atoms with E-state index < -0.39 is 0 Å². The highest BCUT2D eigenvalue weighted by Gasteiger charge is 2.29. The summed E-state index contributed by atoms with van der Waals surface area (Å²) >= 11 is 0. The fourth-order valence-electron chi connectivity index (χ4n) is 3.01. The van der Waals surface area contributed by atoms with Crippen molar-refractivity contribution in [3.8, 4) is 5.88 Å². The predicted octanol–water partition coefficient (Wildman–Crippen LogP) is 1.63. The third-order valence-corrected chi connectivity index (χ3v) is 4.10. The van der Waals surface area contributed by atoms with Gasteiger partial charge in [-0.05, 0) is 31.9 Å². The first-order valence-corrected chi connectivity index (χ1v) is 7.91. The van der Waals surface area contributed by atoms with Gasteiger partial charge in [-0.1, -0.05) is 0 Å². The SMILES string of the molecule is CCOc1ncccc1C(=O)N1CCC[C@@H](c2nncn2C)C1. The number of aryl methyl sites for hydroxylation is 1. The van der Waals surface area contributed by atoms with Crippen LogP contribution in [0.3, 0.4) is 0 Å². The van der Waals surface area contributed by atoms with Crippen molar-refractivity contribution in [1.29, 1.82) is 0 Å². The van der Waals surface area contributed by atoms with E-state index in [9.17, 15) is 4.79 Å². The van der Waals surface area contributed by atoms with Crippen LogP contribution in [0, 0.1) is 0 Å². The molecule has 1 fully saturated rings. The van der Waals surface area contributed by atoms with Crippen LogP contribution >= 0.6 is 0 Å². The monoisotopic (exact) mass is 315 g/mol. The number of likely N-dealkylation sites (tertiary alicyclic amines) is 1. The van der Waals surface area contributed by atoms with Gasteiger partial charge in [0.05, 0.1) is 6.61 Å². The zero-order valence-electron chi connectivity index (χ0n) is 13.5. The lowest BCUT2D eigenvalue weighted by molar-refractivity contribution is 0.0698. The lowest BCUT2D eigenvalue weighted by Gasteiger charge is -2.32. The summed E-state index contributed by atoms with van der Waals surface area (Å²) < 4.78 is 7.41. The molecular formula is C16H21N5O2. The largest absolute Gasteiger partial charge is 0.477 e. The van der Waals surface area contributed by atoms with Gasteiger partial charge in [-0.15, -0.1) is 10.2 Å². The molecule has 122 valence electrons. The molecule has 1 atom stereocenters. The zero-order valence-corrected chi connectivity index (χ0v) is 13.5. The molecule has 3 rings (SSSR count). The van der Waals surface area contributed by atoms with E-state index in [0.29, 0.717) is 24.6 Å². The van der Waals surface area contributed by atoms with Gasteiger partial charge in [0.15, 0.2) is 0 Å². The molecule has 2 aromatic heterocycles. The zero-order chi connectivity index (χ0) is 16.2. The van der Waals surface area contributed by atoms with E-state index in [1.807, 2.05) is 23.4 Å². The van der Waals surface area contributed by atoms with E-state index in [1.54, 1.807) is 24.7 Å². The minimum atomic E-state index is -0.0339. The van der Waals surface area contributed by atoms with Crippen molar-refractivity contribution in [2.24, 2.45) is 7.05 Å². The van der Waals surface area contributed by atoms with E-state index in [1.165, 1.54) is 0 Å². The van der Waals surface area contributed by atoms with E-state index in [4.69, 9.17) is 4.74 Å². The molecule has 0 unspecified atom stereocenters. The first-order valence-electron chi connectivity index (χ1n) is 7.91. The van der Waals surface area contributed by atoms with Gasteiger partial charge in [-0.25, -0.2) is 4.98 Å². The van der Waals surface area contributed by atoms with Crippen LogP contribution < -0.4 is 4.74 Å². The highest BCUT2D eigenvalue weighted by molar-refractivity contribution is 5.96. The van der Waals surface area contributed by atoms with Crippen molar-refractivity contribution in [2.45, 2.75) is 25.7 Å². The minimum Gasteiger partial charge on any atom is -0.477 e. The molecular weight excluding hydrogens is 294 g/mol. The van der Waals surface area contributed by atoms with E-state index in [0.717, 1.165) is 25.2 Å². The lowest BCUT2D eigenvalue weighted by atomic mass is 9.96.